The van der Waals surface area contributed by atoms with Gasteiger partial charge in [-0.25, -0.2) is 15.2 Å². The van der Waals surface area contributed by atoms with Gasteiger partial charge in [-0.15, -0.1) is 0 Å². The topological polar surface area (TPSA) is 75.9 Å². The van der Waals surface area contributed by atoms with Crippen molar-refractivity contribution >= 4 is 29.1 Å². The van der Waals surface area contributed by atoms with Crippen LogP contribution in [0, 0.1) is 12.7 Å². The second-order valence-electron chi connectivity index (χ2n) is 3.65. The number of nitrogen functional groups attached to an aromatic ring is 1. The van der Waals surface area contributed by atoms with E-state index in [1.807, 2.05) is 0 Å². The van der Waals surface area contributed by atoms with Crippen LogP contribution in [0.15, 0.2) is 24.3 Å². The second-order valence-corrected chi connectivity index (χ2v) is 4.08. The number of anilines is 3. The molecule has 0 atom stereocenters. The number of aryl methyl sites for hydroxylation is 1. The zero-order valence-corrected chi connectivity index (χ0v) is 10.3. The number of hydrazine groups is 1. The highest BCUT2D eigenvalue weighted by molar-refractivity contribution is 6.30. The number of halogens is 2. The minimum Gasteiger partial charge on any atom is -0.340 e. The van der Waals surface area contributed by atoms with E-state index in [0.29, 0.717) is 16.5 Å². The van der Waals surface area contributed by atoms with Crippen LogP contribution >= 0.6 is 11.6 Å². The molecule has 0 radical (unpaired) electrons. The predicted octanol–water partition coefficient (Wildman–Crippen LogP) is 2.61. The van der Waals surface area contributed by atoms with E-state index in [-0.39, 0.29) is 5.95 Å². The van der Waals surface area contributed by atoms with E-state index in [2.05, 4.69) is 20.7 Å². The van der Waals surface area contributed by atoms with Gasteiger partial charge in [-0.3, -0.25) is 5.43 Å². The van der Waals surface area contributed by atoms with E-state index in [0.717, 1.165) is 5.69 Å². The smallest absolute Gasteiger partial charge is 0.239 e. The lowest BCUT2D eigenvalue weighted by Crippen LogP contribution is -2.11. The summed E-state index contributed by atoms with van der Waals surface area (Å²) in [6.07, 6.45) is 0. The van der Waals surface area contributed by atoms with Gasteiger partial charge in [0.05, 0.1) is 0 Å². The number of rotatable bonds is 3. The average Bonchev–Trinajstić information content (AvgIpc) is 2.26. The molecule has 0 saturated carbocycles. The molecule has 0 aliphatic rings. The number of nitrogens with one attached hydrogen (secondary N) is 2. The van der Waals surface area contributed by atoms with Crippen LogP contribution in [0.2, 0.25) is 5.02 Å². The molecule has 0 aliphatic heterocycles. The van der Waals surface area contributed by atoms with Gasteiger partial charge >= 0.3 is 0 Å². The first-order valence-corrected chi connectivity index (χ1v) is 5.50. The Balaban J connectivity index is 2.30. The van der Waals surface area contributed by atoms with Crippen LogP contribution in [0.1, 0.15) is 5.69 Å². The Morgan fingerprint density at radius 3 is 2.67 bits per heavy atom. The summed E-state index contributed by atoms with van der Waals surface area (Å²) in [6.45, 7) is 1.80. The van der Waals surface area contributed by atoms with Crippen LogP contribution in [-0.4, -0.2) is 9.97 Å². The Kier molecular flexibility index (Phi) is 3.59. The summed E-state index contributed by atoms with van der Waals surface area (Å²) in [5, 5.41) is 3.24. The van der Waals surface area contributed by atoms with Crippen molar-refractivity contribution in [1.82, 2.24) is 9.97 Å². The van der Waals surface area contributed by atoms with Crippen molar-refractivity contribution in [3.8, 4) is 0 Å². The first kappa shape index (κ1) is 12.5. The van der Waals surface area contributed by atoms with E-state index in [1.54, 1.807) is 19.1 Å². The SMILES string of the molecule is Cc1cc(Nc2cc(F)cc(Cl)c2)nc(NN)n1. The van der Waals surface area contributed by atoms with Crippen molar-refractivity contribution in [1.29, 1.82) is 0 Å². The third-order valence-electron chi connectivity index (χ3n) is 2.12. The lowest BCUT2D eigenvalue weighted by Gasteiger charge is -2.08. The van der Waals surface area contributed by atoms with Crippen LogP contribution < -0.4 is 16.6 Å². The van der Waals surface area contributed by atoms with Crippen molar-refractivity contribution in [2.45, 2.75) is 6.92 Å². The van der Waals surface area contributed by atoms with Crippen molar-refractivity contribution < 1.29 is 4.39 Å². The lowest BCUT2D eigenvalue weighted by molar-refractivity contribution is 0.628. The Labute approximate surface area is 108 Å². The molecule has 0 saturated heterocycles. The number of aromatic nitrogens is 2. The van der Waals surface area contributed by atoms with Gasteiger partial charge in [0.15, 0.2) is 0 Å². The molecule has 0 amide bonds. The molecule has 0 unspecified atom stereocenters. The number of nitrogens with zero attached hydrogens (tertiary/aromatic N) is 2. The van der Waals surface area contributed by atoms with Crippen LogP contribution in [0.5, 0.6) is 0 Å². The van der Waals surface area contributed by atoms with Crippen LogP contribution in [-0.2, 0) is 0 Å². The summed E-state index contributed by atoms with van der Waals surface area (Å²) in [5.41, 5.74) is 3.58. The highest BCUT2D eigenvalue weighted by Crippen LogP contribution is 2.21. The third-order valence-corrected chi connectivity index (χ3v) is 2.34. The molecule has 94 valence electrons. The predicted molar refractivity (Wildman–Crippen MR) is 69.3 cm³/mol. The Bertz CT molecular complexity index is 555. The van der Waals surface area contributed by atoms with E-state index in [9.17, 15) is 4.39 Å². The van der Waals surface area contributed by atoms with Gasteiger partial charge in [-0.1, -0.05) is 11.6 Å². The van der Waals surface area contributed by atoms with E-state index >= 15 is 0 Å². The maximum Gasteiger partial charge on any atom is 0.239 e. The molecule has 1 heterocycles. The number of hydrogen-bond acceptors (Lipinski definition) is 5. The summed E-state index contributed by atoms with van der Waals surface area (Å²) < 4.78 is 13.2. The standard InChI is InChI=1S/C11H11ClFN5/c1-6-2-10(17-11(15-6)18-14)16-9-4-7(12)3-8(13)5-9/h2-5H,14H2,1H3,(H2,15,16,17,18). The highest BCUT2D eigenvalue weighted by atomic mass is 35.5. The zero-order chi connectivity index (χ0) is 13.1. The number of hydrogen-bond donors (Lipinski definition) is 3. The summed E-state index contributed by atoms with van der Waals surface area (Å²) >= 11 is 5.76. The average molecular weight is 268 g/mol. The van der Waals surface area contributed by atoms with Crippen molar-refractivity contribution in [2.24, 2.45) is 5.84 Å². The molecule has 18 heavy (non-hydrogen) atoms. The van der Waals surface area contributed by atoms with E-state index < -0.39 is 5.82 Å². The highest BCUT2D eigenvalue weighted by Gasteiger charge is 2.03. The molecule has 7 heteroatoms. The van der Waals surface area contributed by atoms with Gasteiger partial charge in [-0.2, -0.15) is 4.98 Å². The molecule has 5 nitrogen and oxygen atoms in total. The fourth-order valence-corrected chi connectivity index (χ4v) is 1.69. The molecule has 0 bridgehead atoms. The number of benzene rings is 1. The van der Waals surface area contributed by atoms with E-state index in [4.69, 9.17) is 17.4 Å². The fourth-order valence-electron chi connectivity index (χ4n) is 1.47. The van der Waals surface area contributed by atoms with Crippen molar-refractivity contribution in [3.63, 3.8) is 0 Å². The summed E-state index contributed by atoms with van der Waals surface area (Å²) in [5.74, 6) is 5.60. The molecule has 2 rings (SSSR count). The molecule has 0 aliphatic carbocycles. The molecular weight excluding hydrogens is 257 g/mol. The Morgan fingerprint density at radius 2 is 2.00 bits per heavy atom. The molecule has 1 aromatic carbocycles. The van der Waals surface area contributed by atoms with Gasteiger partial charge in [0.1, 0.15) is 11.6 Å². The first-order valence-electron chi connectivity index (χ1n) is 5.12. The Hall–Kier alpha value is -1.92. The quantitative estimate of drug-likeness (QED) is 0.589. The number of nitrogens with two attached hydrogens (primary N) is 1. The van der Waals surface area contributed by atoms with Gasteiger partial charge < -0.3 is 5.32 Å². The van der Waals surface area contributed by atoms with Gasteiger partial charge in [0.25, 0.3) is 0 Å². The fraction of sp³-hybridized carbons (Fsp3) is 0.0909. The molecule has 2 aromatic rings. The molecular formula is C11H11ClFN5. The molecule has 1 aromatic heterocycles. The molecule has 0 spiro atoms. The summed E-state index contributed by atoms with van der Waals surface area (Å²) in [7, 11) is 0. The second kappa shape index (κ2) is 5.16. The largest absolute Gasteiger partial charge is 0.340 e. The zero-order valence-electron chi connectivity index (χ0n) is 9.54. The summed E-state index contributed by atoms with van der Waals surface area (Å²) in [6, 6.07) is 5.85. The van der Waals surface area contributed by atoms with Gasteiger partial charge in [0, 0.05) is 22.5 Å². The monoisotopic (exact) mass is 267 g/mol. The van der Waals surface area contributed by atoms with Crippen molar-refractivity contribution in [3.05, 3.63) is 40.8 Å². The lowest BCUT2D eigenvalue weighted by atomic mass is 10.3. The minimum atomic E-state index is -0.423. The van der Waals surface area contributed by atoms with Gasteiger partial charge in [0.2, 0.25) is 5.95 Å². The third kappa shape index (κ3) is 3.06. The normalized spacial score (nSPS) is 10.2. The van der Waals surface area contributed by atoms with Crippen molar-refractivity contribution in [2.75, 3.05) is 10.7 Å². The van der Waals surface area contributed by atoms with Gasteiger partial charge in [-0.05, 0) is 25.1 Å². The maximum atomic E-state index is 13.2. The minimum absolute atomic E-state index is 0.278. The Morgan fingerprint density at radius 1 is 1.22 bits per heavy atom. The molecule has 0 fully saturated rings. The van der Waals surface area contributed by atoms with Crippen LogP contribution in [0.3, 0.4) is 0 Å². The molecule has 4 N–H and O–H groups in total. The maximum absolute atomic E-state index is 13.2. The van der Waals surface area contributed by atoms with Crippen LogP contribution in [0.25, 0.3) is 0 Å². The van der Waals surface area contributed by atoms with E-state index in [1.165, 1.54) is 12.1 Å². The first-order chi connectivity index (χ1) is 8.56. The van der Waals surface area contributed by atoms with Crippen LogP contribution in [0.4, 0.5) is 21.8 Å². The summed E-state index contributed by atoms with van der Waals surface area (Å²) in [4.78, 5) is 8.12.